The summed E-state index contributed by atoms with van der Waals surface area (Å²) in [7, 11) is 3.12. The second kappa shape index (κ2) is 7.26. The number of methoxy groups -OCH3 is 1. The van der Waals surface area contributed by atoms with Crippen LogP contribution in [0, 0.1) is 6.92 Å². The fourth-order valence-corrected chi connectivity index (χ4v) is 2.01. The molecule has 0 aliphatic carbocycles. The first-order valence-corrected chi connectivity index (χ1v) is 7.17. The number of aromatic nitrogens is 2. The van der Waals surface area contributed by atoms with Gasteiger partial charge < -0.3 is 20.5 Å². The molecular formula is C14H24N4O4. The maximum atomic E-state index is 11.9. The molecule has 0 aliphatic heterocycles. The van der Waals surface area contributed by atoms with Gasteiger partial charge in [-0.3, -0.25) is 9.59 Å². The highest BCUT2D eigenvalue weighted by Crippen LogP contribution is 2.26. The Morgan fingerprint density at radius 3 is 2.41 bits per heavy atom. The van der Waals surface area contributed by atoms with Gasteiger partial charge in [-0.1, -0.05) is 13.8 Å². The van der Waals surface area contributed by atoms with Crippen molar-refractivity contribution < 1.29 is 19.4 Å². The second-order valence-corrected chi connectivity index (χ2v) is 5.16. The number of carbonyl (C=O) groups is 2. The van der Waals surface area contributed by atoms with Crippen LogP contribution in [0.3, 0.4) is 0 Å². The standard InChI is InChI=1S/C14H24N4O4/c1-6-14(21,7-2)8-15-11(19)12(20)16-10-9(3)17-18(4)13(10)22-5/h21H,6-8H2,1-5H3,(H,15,19)(H,16,20). The quantitative estimate of drug-likeness (QED) is 0.657. The number of aryl methyl sites for hydroxylation is 2. The van der Waals surface area contributed by atoms with Crippen LogP contribution in [0.15, 0.2) is 0 Å². The summed E-state index contributed by atoms with van der Waals surface area (Å²) >= 11 is 0. The SMILES string of the molecule is CCC(O)(CC)CNC(=O)C(=O)Nc1c(C)nn(C)c1OC. The van der Waals surface area contributed by atoms with E-state index in [9.17, 15) is 14.7 Å². The van der Waals surface area contributed by atoms with Gasteiger partial charge in [-0.2, -0.15) is 5.10 Å². The molecule has 8 nitrogen and oxygen atoms in total. The molecule has 124 valence electrons. The smallest absolute Gasteiger partial charge is 0.313 e. The van der Waals surface area contributed by atoms with E-state index in [-0.39, 0.29) is 6.54 Å². The van der Waals surface area contributed by atoms with E-state index in [1.165, 1.54) is 11.8 Å². The molecule has 0 radical (unpaired) electrons. The summed E-state index contributed by atoms with van der Waals surface area (Å²) in [5.41, 5.74) is -0.108. The van der Waals surface area contributed by atoms with E-state index >= 15 is 0 Å². The second-order valence-electron chi connectivity index (χ2n) is 5.16. The molecule has 8 heteroatoms. The van der Waals surface area contributed by atoms with Crippen molar-refractivity contribution in [2.75, 3.05) is 19.0 Å². The molecule has 1 aromatic heterocycles. The van der Waals surface area contributed by atoms with Gasteiger partial charge in [-0.25, -0.2) is 4.68 Å². The summed E-state index contributed by atoms with van der Waals surface area (Å²) in [6, 6.07) is 0. The minimum Gasteiger partial charge on any atom is -0.480 e. The van der Waals surface area contributed by atoms with E-state index in [0.717, 1.165) is 0 Å². The van der Waals surface area contributed by atoms with Crippen LogP contribution in [0.2, 0.25) is 0 Å². The van der Waals surface area contributed by atoms with Crippen molar-refractivity contribution in [3.05, 3.63) is 5.69 Å². The monoisotopic (exact) mass is 312 g/mol. The third kappa shape index (κ3) is 3.97. The molecule has 2 amide bonds. The van der Waals surface area contributed by atoms with Gasteiger partial charge in [-0.05, 0) is 19.8 Å². The largest absolute Gasteiger partial charge is 0.480 e. The first-order valence-electron chi connectivity index (χ1n) is 7.17. The van der Waals surface area contributed by atoms with Gasteiger partial charge in [-0.15, -0.1) is 0 Å². The predicted molar refractivity (Wildman–Crippen MR) is 81.7 cm³/mol. The van der Waals surface area contributed by atoms with Gasteiger partial charge in [0.25, 0.3) is 0 Å². The Labute approximate surface area is 129 Å². The van der Waals surface area contributed by atoms with Gasteiger partial charge in [0, 0.05) is 13.6 Å². The highest BCUT2D eigenvalue weighted by molar-refractivity contribution is 6.39. The molecule has 0 unspecified atom stereocenters. The molecule has 0 spiro atoms. The lowest BCUT2D eigenvalue weighted by Gasteiger charge is -2.25. The zero-order valence-corrected chi connectivity index (χ0v) is 13.7. The van der Waals surface area contributed by atoms with Crippen LogP contribution < -0.4 is 15.4 Å². The van der Waals surface area contributed by atoms with Crippen molar-refractivity contribution in [1.82, 2.24) is 15.1 Å². The molecule has 0 atom stereocenters. The van der Waals surface area contributed by atoms with Crippen LogP contribution in [0.25, 0.3) is 0 Å². The number of hydrogen-bond donors (Lipinski definition) is 3. The highest BCUT2D eigenvalue weighted by Gasteiger charge is 2.26. The minimum atomic E-state index is -1.00. The van der Waals surface area contributed by atoms with Crippen LogP contribution >= 0.6 is 0 Å². The Kier molecular flexibility index (Phi) is 5.92. The van der Waals surface area contributed by atoms with Gasteiger partial charge in [0.2, 0.25) is 5.88 Å². The lowest BCUT2D eigenvalue weighted by atomic mass is 9.98. The summed E-state index contributed by atoms with van der Waals surface area (Å²) in [4.78, 5) is 23.8. The first kappa shape index (κ1) is 18.0. The summed E-state index contributed by atoms with van der Waals surface area (Å²) < 4.78 is 6.61. The lowest BCUT2D eigenvalue weighted by Crippen LogP contribution is -2.45. The summed E-state index contributed by atoms with van der Waals surface area (Å²) in [5.74, 6) is -1.29. The Hall–Kier alpha value is -2.09. The van der Waals surface area contributed by atoms with Gasteiger partial charge in [0.15, 0.2) is 0 Å². The number of amides is 2. The normalized spacial score (nSPS) is 11.2. The number of aliphatic hydroxyl groups is 1. The number of hydrogen-bond acceptors (Lipinski definition) is 5. The first-order chi connectivity index (χ1) is 10.3. The molecule has 1 aromatic rings. The number of ether oxygens (including phenoxy) is 1. The molecule has 1 rings (SSSR count). The minimum absolute atomic E-state index is 0.0232. The van der Waals surface area contributed by atoms with Crippen LogP contribution in [0.4, 0.5) is 5.69 Å². The Balaban J connectivity index is 2.72. The lowest BCUT2D eigenvalue weighted by molar-refractivity contribution is -0.136. The third-order valence-corrected chi connectivity index (χ3v) is 3.70. The zero-order valence-electron chi connectivity index (χ0n) is 13.7. The van der Waals surface area contributed by atoms with Gasteiger partial charge in [0.05, 0.1) is 18.4 Å². The maximum Gasteiger partial charge on any atom is 0.313 e. The molecule has 3 N–H and O–H groups in total. The average Bonchev–Trinajstić information content (AvgIpc) is 2.77. The average molecular weight is 312 g/mol. The van der Waals surface area contributed by atoms with E-state index in [0.29, 0.717) is 30.1 Å². The van der Waals surface area contributed by atoms with Crippen molar-refractivity contribution >= 4 is 17.5 Å². The molecule has 0 fully saturated rings. The molecule has 1 heterocycles. The molecule has 0 aromatic carbocycles. The molecule has 0 aliphatic rings. The van der Waals surface area contributed by atoms with E-state index < -0.39 is 17.4 Å². The van der Waals surface area contributed by atoms with E-state index in [1.807, 2.05) is 13.8 Å². The van der Waals surface area contributed by atoms with Crippen molar-refractivity contribution in [3.63, 3.8) is 0 Å². The van der Waals surface area contributed by atoms with Crippen LogP contribution in [-0.4, -0.2) is 46.0 Å². The number of nitrogens with one attached hydrogen (secondary N) is 2. The molecule has 0 bridgehead atoms. The Morgan fingerprint density at radius 2 is 1.91 bits per heavy atom. The van der Waals surface area contributed by atoms with Gasteiger partial charge >= 0.3 is 11.8 Å². The van der Waals surface area contributed by atoms with E-state index in [2.05, 4.69) is 15.7 Å². The van der Waals surface area contributed by atoms with Crippen molar-refractivity contribution in [3.8, 4) is 5.88 Å². The van der Waals surface area contributed by atoms with E-state index in [1.54, 1.807) is 14.0 Å². The number of anilines is 1. The Morgan fingerprint density at radius 1 is 1.32 bits per heavy atom. The third-order valence-electron chi connectivity index (χ3n) is 3.70. The highest BCUT2D eigenvalue weighted by atomic mass is 16.5. The fraction of sp³-hybridized carbons (Fsp3) is 0.643. The number of carbonyl (C=O) groups excluding carboxylic acids is 2. The fourth-order valence-electron chi connectivity index (χ4n) is 2.01. The Bertz CT molecular complexity index is 549. The van der Waals surface area contributed by atoms with Gasteiger partial charge in [0.1, 0.15) is 5.69 Å². The topological polar surface area (TPSA) is 105 Å². The predicted octanol–water partition coefficient (Wildman–Crippen LogP) is 0.343. The summed E-state index contributed by atoms with van der Waals surface area (Å²) in [6.45, 7) is 5.36. The molecule has 0 saturated heterocycles. The maximum absolute atomic E-state index is 11.9. The van der Waals surface area contributed by atoms with Crippen molar-refractivity contribution in [1.29, 1.82) is 0 Å². The van der Waals surface area contributed by atoms with Crippen LogP contribution in [0.1, 0.15) is 32.4 Å². The van der Waals surface area contributed by atoms with E-state index in [4.69, 9.17) is 4.74 Å². The number of nitrogens with zero attached hydrogens (tertiary/aromatic N) is 2. The van der Waals surface area contributed by atoms with Crippen LogP contribution in [-0.2, 0) is 16.6 Å². The molecule has 22 heavy (non-hydrogen) atoms. The molecule has 0 saturated carbocycles. The molecular weight excluding hydrogens is 288 g/mol. The summed E-state index contributed by atoms with van der Waals surface area (Å²) in [5, 5.41) is 19.1. The van der Waals surface area contributed by atoms with Crippen molar-refractivity contribution in [2.24, 2.45) is 7.05 Å². The number of rotatable bonds is 6. The van der Waals surface area contributed by atoms with Crippen molar-refractivity contribution in [2.45, 2.75) is 39.2 Å². The zero-order chi connectivity index (χ0) is 16.9. The van der Waals surface area contributed by atoms with Crippen LogP contribution in [0.5, 0.6) is 5.88 Å². The summed E-state index contributed by atoms with van der Waals surface area (Å²) in [6.07, 6.45) is 0.974.